The second kappa shape index (κ2) is 7.97. The number of aromatic amines is 1. The third-order valence-corrected chi connectivity index (χ3v) is 3.28. The highest BCUT2D eigenvalue weighted by molar-refractivity contribution is 5.84. The molecule has 116 valence electrons. The molecule has 22 heavy (non-hydrogen) atoms. The number of hydrogen-bond donors (Lipinski definition) is 2. The van der Waals surface area contributed by atoms with Crippen molar-refractivity contribution in [3.05, 3.63) is 54.1 Å². The highest BCUT2D eigenvalue weighted by Gasteiger charge is 2.22. The van der Waals surface area contributed by atoms with Crippen LogP contribution in [0.4, 0.5) is 0 Å². The van der Waals surface area contributed by atoms with Crippen molar-refractivity contribution in [2.45, 2.75) is 25.3 Å². The zero-order valence-electron chi connectivity index (χ0n) is 12.4. The standard InChI is InChI=1S/C16H19N3O3/c1-22-16(21)14(9-13-10-17-11-18-13)19-15(20)8-7-12-5-3-2-4-6-12/h2-6,10-11,14H,7-9H2,1H3,(H,17,18)(H,19,20)/t14-/m1/s1. The van der Waals surface area contributed by atoms with E-state index in [0.717, 1.165) is 11.3 Å². The van der Waals surface area contributed by atoms with Crippen molar-refractivity contribution in [2.24, 2.45) is 0 Å². The Morgan fingerprint density at radius 3 is 2.73 bits per heavy atom. The molecule has 2 rings (SSSR count). The normalized spacial score (nSPS) is 11.7. The van der Waals surface area contributed by atoms with Gasteiger partial charge in [-0.1, -0.05) is 30.3 Å². The molecule has 6 nitrogen and oxygen atoms in total. The Labute approximate surface area is 128 Å². The van der Waals surface area contributed by atoms with E-state index in [-0.39, 0.29) is 5.91 Å². The van der Waals surface area contributed by atoms with Crippen molar-refractivity contribution < 1.29 is 14.3 Å². The van der Waals surface area contributed by atoms with E-state index in [9.17, 15) is 9.59 Å². The Morgan fingerprint density at radius 2 is 2.09 bits per heavy atom. The smallest absolute Gasteiger partial charge is 0.328 e. The number of hydrogen-bond acceptors (Lipinski definition) is 4. The first kappa shape index (κ1) is 15.8. The first-order chi connectivity index (χ1) is 10.7. The van der Waals surface area contributed by atoms with Gasteiger partial charge in [0.1, 0.15) is 6.04 Å². The van der Waals surface area contributed by atoms with Gasteiger partial charge in [0.2, 0.25) is 5.91 Å². The first-order valence-electron chi connectivity index (χ1n) is 7.07. The number of methoxy groups -OCH3 is 1. The average molecular weight is 301 g/mol. The van der Waals surface area contributed by atoms with Crippen LogP contribution in [0.5, 0.6) is 0 Å². The Morgan fingerprint density at radius 1 is 1.32 bits per heavy atom. The van der Waals surface area contributed by atoms with Crippen LogP contribution in [-0.4, -0.2) is 35.0 Å². The van der Waals surface area contributed by atoms with E-state index < -0.39 is 12.0 Å². The minimum Gasteiger partial charge on any atom is -0.467 e. The highest BCUT2D eigenvalue weighted by atomic mass is 16.5. The molecule has 1 heterocycles. The third kappa shape index (κ3) is 4.73. The van der Waals surface area contributed by atoms with E-state index in [1.807, 2.05) is 30.3 Å². The molecule has 0 aliphatic heterocycles. The SMILES string of the molecule is COC(=O)[C@@H](Cc1cnc[nH]1)NC(=O)CCc1ccccc1. The van der Waals surface area contributed by atoms with Gasteiger partial charge >= 0.3 is 5.97 Å². The molecule has 0 spiro atoms. The molecule has 1 atom stereocenters. The van der Waals surface area contributed by atoms with Crippen molar-refractivity contribution in [3.63, 3.8) is 0 Å². The van der Waals surface area contributed by atoms with Crippen LogP contribution in [0.2, 0.25) is 0 Å². The predicted molar refractivity (Wildman–Crippen MR) is 81.0 cm³/mol. The minimum absolute atomic E-state index is 0.182. The summed E-state index contributed by atoms with van der Waals surface area (Å²) in [7, 11) is 1.30. The number of nitrogens with zero attached hydrogens (tertiary/aromatic N) is 1. The molecule has 6 heteroatoms. The van der Waals surface area contributed by atoms with Gasteiger partial charge < -0.3 is 15.0 Å². The Hall–Kier alpha value is -2.63. The number of esters is 1. The summed E-state index contributed by atoms with van der Waals surface area (Å²) in [6.07, 6.45) is 4.42. The van der Waals surface area contributed by atoms with Crippen molar-refractivity contribution in [1.82, 2.24) is 15.3 Å². The molecule has 0 aliphatic rings. The molecule has 1 aromatic carbocycles. The number of carbonyl (C=O) groups excluding carboxylic acids is 2. The monoisotopic (exact) mass is 301 g/mol. The van der Waals surface area contributed by atoms with Crippen molar-refractivity contribution in [1.29, 1.82) is 0 Å². The molecule has 1 amide bonds. The van der Waals surface area contributed by atoms with Crippen LogP contribution in [0, 0.1) is 0 Å². The number of aryl methyl sites for hydroxylation is 1. The van der Waals surface area contributed by atoms with E-state index in [2.05, 4.69) is 15.3 Å². The number of nitrogens with one attached hydrogen (secondary N) is 2. The van der Waals surface area contributed by atoms with Gasteiger partial charge in [-0.05, 0) is 12.0 Å². The average Bonchev–Trinajstić information content (AvgIpc) is 3.05. The van der Waals surface area contributed by atoms with Crippen LogP contribution in [0.1, 0.15) is 17.7 Å². The zero-order valence-corrected chi connectivity index (χ0v) is 12.4. The van der Waals surface area contributed by atoms with Gasteiger partial charge in [0.25, 0.3) is 0 Å². The lowest BCUT2D eigenvalue weighted by molar-refractivity contribution is -0.145. The molecular formula is C16H19N3O3. The number of H-pyrrole nitrogens is 1. The second-order valence-electron chi connectivity index (χ2n) is 4.91. The molecule has 0 fully saturated rings. The summed E-state index contributed by atoms with van der Waals surface area (Å²) in [5.74, 6) is -0.651. The molecule has 0 saturated heterocycles. The summed E-state index contributed by atoms with van der Waals surface area (Å²) >= 11 is 0. The van der Waals surface area contributed by atoms with E-state index in [4.69, 9.17) is 4.74 Å². The number of ether oxygens (including phenoxy) is 1. The maximum atomic E-state index is 12.0. The van der Waals surface area contributed by atoms with Gasteiger partial charge in [-0.25, -0.2) is 9.78 Å². The van der Waals surface area contributed by atoms with Gasteiger partial charge in [0.05, 0.1) is 13.4 Å². The summed E-state index contributed by atoms with van der Waals surface area (Å²) in [5.41, 5.74) is 1.85. The zero-order chi connectivity index (χ0) is 15.8. The van der Waals surface area contributed by atoms with Gasteiger partial charge in [-0.15, -0.1) is 0 Å². The Kier molecular flexibility index (Phi) is 5.71. The van der Waals surface area contributed by atoms with Crippen LogP contribution in [0.25, 0.3) is 0 Å². The van der Waals surface area contributed by atoms with E-state index in [1.165, 1.54) is 13.4 Å². The fraction of sp³-hybridized carbons (Fsp3) is 0.312. The lowest BCUT2D eigenvalue weighted by Gasteiger charge is -2.15. The number of rotatable bonds is 7. The molecular weight excluding hydrogens is 282 g/mol. The van der Waals surface area contributed by atoms with E-state index in [1.54, 1.807) is 6.20 Å². The second-order valence-corrected chi connectivity index (χ2v) is 4.91. The quantitative estimate of drug-likeness (QED) is 0.754. The summed E-state index contributed by atoms with van der Waals surface area (Å²) in [6, 6.07) is 9.02. The predicted octanol–water partition coefficient (Wildman–Crippen LogP) is 1.24. The summed E-state index contributed by atoms with van der Waals surface area (Å²) in [4.78, 5) is 30.6. The summed E-state index contributed by atoms with van der Waals surface area (Å²) in [6.45, 7) is 0. The molecule has 0 bridgehead atoms. The van der Waals surface area contributed by atoms with Crippen LogP contribution in [0.15, 0.2) is 42.9 Å². The Balaban J connectivity index is 1.88. The van der Waals surface area contributed by atoms with Crippen molar-refractivity contribution in [2.75, 3.05) is 7.11 Å². The molecule has 2 N–H and O–H groups in total. The number of benzene rings is 1. The lowest BCUT2D eigenvalue weighted by Crippen LogP contribution is -2.43. The first-order valence-corrected chi connectivity index (χ1v) is 7.07. The maximum absolute atomic E-state index is 12.0. The van der Waals surface area contributed by atoms with E-state index in [0.29, 0.717) is 19.3 Å². The van der Waals surface area contributed by atoms with Gasteiger partial charge in [0, 0.05) is 24.7 Å². The molecule has 0 unspecified atom stereocenters. The van der Waals surface area contributed by atoms with Crippen LogP contribution in [-0.2, 0) is 27.2 Å². The fourth-order valence-corrected chi connectivity index (χ4v) is 2.12. The maximum Gasteiger partial charge on any atom is 0.328 e. The van der Waals surface area contributed by atoms with Crippen LogP contribution >= 0.6 is 0 Å². The topological polar surface area (TPSA) is 84.1 Å². The van der Waals surface area contributed by atoms with Crippen LogP contribution < -0.4 is 5.32 Å². The van der Waals surface area contributed by atoms with E-state index >= 15 is 0 Å². The number of amides is 1. The summed E-state index contributed by atoms with van der Waals surface area (Å²) in [5, 5.41) is 2.71. The molecule has 0 saturated carbocycles. The largest absolute Gasteiger partial charge is 0.467 e. The van der Waals surface area contributed by atoms with Crippen molar-refractivity contribution in [3.8, 4) is 0 Å². The van der Waals surface area contributed by atoms with Gasteiger partial charge in [0.15, 0.2) is 0 Å². The third-order valence-electron chi connectivity index (χ3n) is 3.28. The fourth-order valence-electron chi connectivity index (χ4n) is 2.12. The molecule has 0 aliphatic carbocycles. The number of imidazole rings is 1. The minimum atomic E-state index is -0.714. The van der Waals surface area contributed by atoms with Crippen LogP contribution in [0.3, 0.4) is 0 Å². The Bertz CT molecular complexity index is 596. The lowest BCUT2D eigenvalue weighted by atomic mass is 10.1. The van der Waals surface area contributed by atoms with Gasteiger partial charge in [-0.3, -0.25) is 4.79 Å². The van der Waals surface area contributed by atoms with Crippen molar-refractivity contribution >= 4 is 11.9 Å². The van der Waals surface area contributed by atoms with Gasteiger partial charge in [-0.2, -0.15) is 0 Å². The molecule has 2 aromatic rings. The number of carbonyl (C=O) groups is 2. The summed E-state index contributed by atoms with van der Waals surface area (Å²) < 4.78 is 4.74. The molecule has 1 aromatic heterocycles. The highest BCUT2D eigenvalue weighted by Crippen LogP contribution is 2.04. The molecule has 0 radical (unpaired) electrons. The number of aromatic nitrogens is 2.